The zero-order valence-corrected chi connectivity index (χ0v) is 14.0. The van der Waals surface area contributed by atoms with Gasteiger partial charge in [0.2, 0.25) is 5.91 Å². The lowest BCUT2D eigenvalue weighted by atomic mass is 10.2. The third-order valence-corrected chi connectivity index (χ3v) is 4.88. The number of morpholine rings is 1. The molecule has 6 nitrogen and oxygen atoms in total. The maximum absolute atomic E-state index is 12.8. The molecule has 124 valence electrons. The highest BCUT2D eigenvalue weighted by Gasteiger charge is 2.46. The van der Waals surface area contributed by atoms with Crippen molar-refractivity contribution in [2.45, 2.75) is 19.4 Å². The molecule has 2 amide bonds. The van der Waals surface area contributed by atoms with Crippen LogP contribution in [0.4, 0.5) is 5.69 Å². The molecule has 2 aliphatic heterocycles. The number of hydrogen-bond donors (Lipinski definition) is 1. The number of anilines is 1. The average molecular weight is 340 g/mol. The van der Waals surface area contributed by atoms with Gasteiger partial charge in [0.1, 0.15) is 18.8 Å². The molecule has 1 aromatic rings. The van der Waals surface area contributed by atoms with Gasteiger partial charge in [-0.1, -0.05) is 11.6 Å². The number of benzene rings is 1. The predicted octanol–water partition coefficient (Wildman–Crippen LogP) is 0.204. The van der Waals surface area contributed by atoms with Gasteiger partial charge in [-0.3, -0.25) is 9.59 Å². The topological polar surface area (TPSA) is 60.3 Å². The Balaban J connectivity index is 1.92. The summed E-state index contributed by atoms with van der Waals surface area (Å²) >= 11 is 6.11. The summed E-state index contributed by atoms with van der Waals surface area (Å²) in [6.07, 6.45) is 0.221. The first-order valence-electron chi connectivity index (χ1n) is 7.66. The number of nitrogens with one attached hydrogen (secondary N) is 1. The highest BCUT2D eigenvalue weighted by Crippen LogP contribution is 2.36. The summed E-state index contributed by atoms with van der Waals surface area (Å²) in [6.45, 7) is 4.57. The van der Waals surface area contributed by atoms with Gasteiger partial charge in [-0.25, -0.2) is 4.90 Å². The van der Waals surface area contributed by atoms with E-state index in [1.54, 1.807) is 12.1 Å². The van der Waals surface area contributed by atoms with E-state index >= 15 is 0 Å². The average Bonchev–Trinajstić information content (AvgIpc) is 2.85. The SMILES string of the molecule is COc1cc(Cl)c(C)cc1N1C(=O)C[C@@H]([NH+]2CCOCC2)C1=O. The van der Waals surface area contributed by atoms with E-state index in [1.165, 1.54) is 12.0 Å². The Morgan fingerprint density at radius 3 is 2.65 bits per heavy atom. The molecule has 0 spiro atoms. The Hall–Kier alpha value is -1.63. The fraction of sp³-hybridized carbons (Fsp3) is 0.500. The van der Waals surface area contributed by atoms with Gasteiger partial charge in [-0.05, 0) is 18.6 Å². The highest BCUT2D eigenvalue weighted by molar-refractivity contribution is 6.32. The van der Waals surface area contributed by atoms with Gasteiger partial charge in [-0.2, -0.15) is 0 Å². The van der Waals surface area contributed by atoms with Gasteiger partial charge in [-0.15, -0.1) is 0 Å². The van der Waals surface area contributed by atoms with E-state index in [9.17, 15) is 9.59 Å². The van der Waals surface area contributed by atoms with E-state index in [0.717, 1.165) is 23.6 Å². The highest BCUT2D eigenvalue weighted by atomic mass is 35.5. The van der Waals surface area contributed by atoms with Crippen LogP contribution < -0.4 is 14.5 Å². The van der Waals surface area contributed by atoms with Crippen LogP contribution in [0.5, 0.6) is 5.75 Å². The molecule has 0 bridgehead atoms. The van der Waals surface area contributed by atoms with Crippen molar-refractivity contribution in [1.82, 2.24) is 0 Å². The largest absolute Gasteiger partial charge is 0.495 e. The lowest BCUT2D eigenvalue weighted by molar-refractivity contribution is -0.922. The van der Waals surface area contributed by atoms with Crippen LogP contribution in [0.2, 0.25) is 5.02 Å². The fourth-order valence-electron chi connectivity index (χ4n) is 3.17. The number of imide groups is 1. The number of nitrogens with zero attached hydrogens (tertiary/aromatic N) is 1. The van der Waals surface area contributed by atoms with E-state index in [-0.39, 0.29) is 24.3 Å². The molecule has 23 heavy (non-hydrogen) atoms. The van der Waals surface area contributed by atoms with Crippen LogP contribution >= 0.6 is 11.6 Å². The van der Waals surface area contributed by atoms with Crippen molar-refractivity contribution in [1.29, 1.82) is 0 Å². The van der Waals surface area contributed by atoms with Crippen LogP contribution in [0, 0.1) is 6.92 Å². The number of quaternary nitrogens is 1. The molecule has 0 aliphatic carbocycles. The van der Waals surface area contributed by atoms with Crippen molar-refractivity contribution in [2.24, 2.45) is 0 Å². The maximum atomic E-state index is 12.8. The van der Waals surface area contributed by atoms with Crippen LogP contribution in [0.1, 0.15) is 12.0 Å². The van der Waals surface area contributed by atoms with Gasteiger partial charge in [0.05, 0.1) is 32.4 Å². The van der Waals surface area contributed by atoms with Crippen LogP contribution in [-0.2, 0) is 14.3 Å². The minimum atomic E-state index is -0.341. The van der Waals surface area contributed by atoms with E-state index in [1.807, 2.05) is 6.92 Å². The van der Waals surface area contributed by atoms with Crippen molar-refractivity contribution in [3.8, 4) is 5.75 Å². The second-order valence-corrected chi connectivity index (χ2v) is 6.28. The molecule has 0 radical (unpaired) electrons. The first kappa shape index (κ1) is 16.2. The molecular weight excluding hydrogens is 320 g/mol. The monoisotopic (exact) mass is 339 g/mol. The van der Waals surface area contributed by atoms with Gasteiger partial charge in [0.25, 0.3) is 5.91 Å². The maximum Gasteiger partial charge on any atom is 0.292 e. The van der Waals surface area contributed by atoms with Crippen molar-refractivity contribution in [2.75, 3.05) is 38.3 Å². The summed E-state index contributed by atoms with van der Waals surface area (Å²) in [4.78, 5) is 27.7. The molecule has 0 unspecified atom stereocenters. The summed E-state index contributed by atoms with van der Waals surface area (Å²) in [5, 5.41) is 0.542. The zero-order valence-electron chi connectivity index (χ0n) is 13.2. The fourth-order valence-corrected chi connectivity index (χ4v) is 3.33. The number of methoxy groups -OCH3 is 1. The van der Waals surface area contributed by atoms with Gasteiger partial charge in [0.15, 0.2) is 6.04 Å². The molecule has 0 aromatic heterocycles. The van der Waals surface area contributed by atoms with Crippen LogP contribution in [0.25, 0.3) is 0 Å². The van der Waals surface area contributed by atoms with Crippen molar-refractivity contribution in [3.63, 3.8) is 0 Å². The third kappa shape index (κ3) is 2.94. The summed E-state index contributed by atoms with van der Waals surface area (Å²) in [6, 6.07) is 3.03. The van der Waals surface area contributed by atoms with Gasteiger partial charge >= 0.3 is 0 Å². The van der Waals surface area contributed by atoms with Crippen LogP contribution in [0.3, 0.4) is 0 Å². The standard InChI is InChI=1S/C16H19ClN2O4/c1-10-7-12(14(22-2)8-11(10)17)19-15(20)9-13(16(19)21)18-3-5-23-6-4-18/h7-8,13H,3-6,9H2,1-2H3/p+1/t13-/m1/s1. The van der Waals surface area contributed by atoms with Crippen molar-refractivity contribution in [3.05, 3.63) is 22.7 Å². The Labute approximate surface area is 139 Å². The zero-order chi connectivity index (χ0) is 16.6. The molecule has 1 aromatic carbocycles. The normalized spacial score (nSPS) is 22.7. The van der Waals surface area contributed by atoms with E-state index in [4.69, 9.17) is 21.1 Å². The molecular formula is C16H20ClN2O4+. The molecule has 7 heteroatoms. The van der Waals surface area contributed by atoms with E-state index < -0.39 is 0 Å². The number of carbonyl (C=O) groups excluding carboxylic acids is 2. The number of rotatable bonds is 3. The Bertz CT molecular complexity index is 643. The molecule has 2 fully saturated rings. The number of carbonyl (C=O) groups is 2. The number of halogens is 1. The molecule has 0 saturated carbocycles. The quantitative estimate of drug-likeness (QED) is 0.800. The second-order valence-electron chi connectivity index (χ2n) is 5.87. The number of hydrogen-bond acceptors (Lipinski definition) is 4. The van der Waals surface area contributed by atoms with Crippen molar-refractivity contribution >= 4 is 29.1 Å². The smallest absolute Gasteiger partial charge is 0.292 e. The van der Waals surface area contributed by atoms with Crippen LogP contribution in [-0.4, -0.2) is 51.3 Å². The number of ether oxygens (including phenoxy) is 2. The number of amides is 2. The Morgan fingerprint density at radius 2 is 2.00 bits per heavy atom. The Kier molecular flexibility index (Phi) is 4.57. The molecule has 1 N–H and O–H groups in total. The summed E-state index contributed by atoms with van der Waals surface area (Å²) < 4.78 is 10.6. The minimum absolute atomic E-state index is 0.174. The lowest BCUT2D eigenvalue weighted by Crippen LogP contribution is -3.18. The van der Waals surface area contributed by atoms with Gasteiger partial charge < -0.3 is 14.4 Å². The van der Waals surface area contributed by atoms with Gasteiger partial charge in [0, 0.05) is 11.1 Å². The molecule has 2 aliphatic rings. The van der Waals surface area contributed by atoms with E-state index in [2.05, 4.69) is 0 Å². The number of aryl methyl sites for hydroxylation is 1. The summed E-state index contributed by atoms with van der Waals surface area (Å²) in [7, 11) is 1.50. The van der Waals surface area contributed by atoms with Crippen molar-refractivity contribution < 1.29 is 24.0 Å². The predicted molar refractivity (Wildman–Crippen MR) is 85.2 cm³/mol. The van der Waals surface area contributed by atoms with Crippen LogP contribution in [0.15, 0.2) is 12.1 Å². The second kappa shape index (κ2) is 6.47. The summed E-state index contributed by atoms with van der Waals surface area (Å²) in [5.41, 5.74) is 1.27. The Morgan fingerprint density at radius 1 is 1.30 bits per heavy atom. The molecule has 3 rings (SSSR count). The third-order valence-electron chi connectivity index (χ3n) is 4.48. The first-order valence-corrected chi connectivity index (χ1v) is 8.04. The minimum Gasteiger partial charge on any atom is -0.495 e. The molecule has 1 atom stereocenters. The summed E-state index contributed by atoms with van der Waals surface area (Å²) in [5.74, 6) is 0.0610. The first-order chi connectivity index (χ1) is 11.0. The van der Waals surface area contributed by atoms with E-state index in [0.29, 0.717) is 29.7 Å². The molecule has 2 saturated heterocycles. The molecule has 2 heterocycles. The lowest BCUT2D eigenvalue weighted by Gasteiger charge is -2.27.